The molecule has 1 amide bonds. The van der Waals surface area contributed by atoms with E-state index in [1.54, 1.807) is 13.2 Å². The average Bonchev–Trinajstić information content (AvgIpc) is 3.20. The highest BCUT2D eigenvalue weighted by Gasteiger charge is 2.28. The topological polar surface area (TPSA) is 64.6 Å². The van der Waals surface area contributed by atoms with E-state index in [2.05, 4.69) is 5.32 Å². The van der Waals surface area contributed by atoms with Crippen molar-refractivity contribution in [3.8, 4) is 22.6 Å². The molecule has 0 fully saturated rings. The van der Waals surface area contributed by atoms with Crippen molar-refractivity contribution in [2.75, 3.05) is 13.7 Å². The summed E-state index contributed by atoms with van der Waals surface area (Å²) in [4.78, 5) is 24.2. The molecular weight excluding hydrogens is 421 g/mol. The Bertz CT molecular complexity index is 1220. The molecule has 0 aromatic heterocycles. The van der Waals surface area contributed by atoms with Crippen LogP contribution in [0.15, 0.2) is 54.6 Å². The Hall–Kier alpha value is -3.67. The molecule has 6 heteroatoms. The van der Waals surface area contributed by atoms with E-state index >= 15 is 0 Å². The highest BCUT2D eigenvalue weighted by molar-refractivity contribution is 5.95. The maximum Gasteiger partial charge on any atom is 0.224 e. The van der Waals surface area contributed by atoms with E-state index in [0.29, 0.717) is 41.2 Å². The number of halogens is 1. The Kier molecular flexibility index (Phi) is 6.45. The van der Waals surface area contributed by atoms with Gasteiger partial charge in [0.1, 0.15) is 23.4 Å². The molecule has 5 nitrogen and oxygen atoms in total. The van der Waals surface area contributed by atoms with Crippen molar-refractivity contribution in [1.29, 1.82) is 0 Å². The molecule has 0 aliphatic carbocycles. The molecule has 33 heavy (non-hydrogen) atoms. The second kappa shape index (κ2) is 9.45. The third kappa shape index (κ3) is 5.06. The number of nitrogens with one attached hydrogen (secondary N) is 1. The number of fused-ring (bicyclic) bond motifs is 1. The van der Waals surface area contributed by atoms with Gasteiger partial charge in [-0.3, -0.25) is 9.59 Å². The van der Waals surface area contributed by atoms with Crippen molar-refractivity contribution in [3.05, 3.63) is 82.7 Å². The SMILES string of the molecule is COc1cccc(CC(=O)NCC2Cc3cc(C)cc(-c4cc(C(C)=O)ccc4F)c3O2)c1. The molecule has 1 unspecified atom stereocenters. The molecule has 0 saturated heterocycles. The lowest BCUT2D eigenvalue weighted by molar-refractivity contribution is -0.120. The summed E-state index contributed by atoms with van der Waals surface area (Å²) in [6.07, 6.45) is 0.593. The fourth-order valence-corrected chi connectivity index (χ4v) is 4.12. The van der Waals surface area contributed by atoms with Crippen molar-refractivity contribution in [3.63, 3.8) is 0 Å². The van der Waals surface area contributed by atoms with Crippen LogP contribution in [0, 0.1) is 12.7 Å². The van der Waals surface area contributed by atoms with E-state index in [9.17, 15) is 14.0 Å². The number of Topliss-reactive ketones (excluding diaryl/α,β-unsaturated/α-hetero) is 1. The number of hydrogen-bond acceptors (Lipinski definition) is 4. The molecule has 1 atom stereocenters. The van der Waals surface area contributed by atoms with Crippen LogP contribution >= 0.6 is 0 Å². The number of aryl methyl sites for hydroxylation is 1. The Morgan fingerprint density at radius 2 is 1.94 bits per heavy atom. The molecule has 1 N–H and O–H groups in total. The maximum atomic E-state index is 14.7. The number of methoxy groups -OCH3 is 1. The number of rotatable bonds is 7. The molecule has 170 valence electrons. The smallest absolute Gasteiger partial charge is 0.224 e. The van der Waals surface area contributed by atoms with Gasteiger partial charge >= 0.3 is 0 Å². The van der Waals surface area contributed by atoms with E-state index in [-0.39, 0.29) is 24.2 Å². The quantitative estimate of drug-likeness (QED) is 0.535. The molecule has 0 saturated carbocycles. The number of amides is 1. The number of hydrogen-bond donors (Lipinski definition) is 1. The molecular formula is C27H26FNO4. The fraction of sp³-hybridized carbons (Fsp3) is 0.259. The van der Waals surface area contributed by atoms with Crippen LogP contribution in [0.4, 0.5) is 4.39 Å². The summed E-state index contributed by atoms with van der Waals surface area (Å²) in [5.41, 5.74) is 4.20. The first-order valence-electron chi connectivity index (χ1n) is 10.8. The minimum Gasteiger partial charge on any atom is -0.497 e. The minimum atomic E-state index is -0.411. The first kappa shape index (κ1) is 22.5. The molecule has 1 heterocycles. The lowest BCUT2D eigenvalue weighted by Gasteiger charge is -2.15. The summed E-state index contributed by atoms with van der Waals surface area (Å²) >= 11 is 0. The number of carbonyl (C=O) groups excluding carboxylic acids is 2. The van der Waals surface area contributed by atoms with E-state index in [4.69, 9.17) is 9.47 Å². The van der Waals surface area contributed by atoms with Gasteiger partial charge < -0.3 is 14.8 Å². The van der Waals surface area contributed by atoms with Crippen LogP contribution in [0.1, 0.15) is 34.0 Å². The second-order valence-corrected chi connectivity index (χ2v) is 8.33. The summed E-state index contributed by atoms with van der Waals surface area (Å²) in [5.74, 6) is 0.662. The number of benzene rings is 3. The van der Waals surface area contributed by atoms with E-state index in [1.807, 2.05) is 43.3 Å². The highest BCUT2D eigenvalue weighted by Crippen LogP contribution is 2.41. The van der Waals surface area contributed by atoms with Crippen molar-refractivity contribution in [1.82, 2.24) is 5.32 Å². The van der Waals surface area contributed by atoms with Gasteiger partial charge in [0.15, 0.2) is 5.78 Å². The number of carbonyl (C=O) groups is 2. The van der Waals surface area contributed by atoms with Gasteiger partial charge in [0.2, 0.25) is 5.91 Å². The molecule has 0 radical (unpaired) electrons. The van der Waals surface area contributed by atoms with Crippen LogP contribution in [-0.2, 0) is 17.6 Å². The first-order chi connectivity index (χ1) is 15.8. The fourth-order valence-electron chi connectivity index (χ4n) is 4.12. The molecule has 0 spiro atoms. The molecule has 1 aliphatic rings. The predicted molar refractivity (Wildman–Crippen MR) is 124 cm³/mol. The van der Waals surface area contributed by atoms with Crippen LogP contribution in [0.25, 0.3) is 11.1 Å². The van der Waals surface area contributed by atoms with Crippen molar-refractivity contribution >= 4 is 11.7 Å². The van der Waals surface area contributed by atoms with Crippen LogP contribution in [0.3, 0.4) is 0 Å². The maximum absolute atomic E-state index is 14.7. The predicted octanol–water partition coefficient (Wildman–Crippen LogP) is 4.67. The molecule has 3 aromatic carbocycles. The summed E-state index contributed by atoms with van der Waals surface area (Å²) in [5, 5.41) is 2.93. The van der Waals surface area contributed by atoms with Gasteiger partial charge in [-0.1, -0.05) is 18.2 Å². The summed E-state index contributed by atoms with van der Waals surface area (Å²) in [6, 6.07) is 15.6. The zero-order chi connectivity index (χ0) is 23.5. The lowest BCUT2D eigenvalue weighted by atomic mass is 9.95. The Morgan fingerprint density at radius 1 is 1.12 bits per heavy atom. The average molecular weight is 448 g/mol. The molecule has 4 rings (SSSR count). The number of ketones is 1. The minimum absolute atomic E-state index is 0.112. The molecule has 0 bridgehead atoms. The van der Waals surface area contributed by atoms with Crippen LogP contribution in [0.2, 0.25) is 0 Å². The van der Waals surface area contributed by atoms with Gasteiger partial charge in [-0.15, -0.1) is 0 Å². The van der Waals surface area contributed by atoms with E-state index < -0.39 is 5.82 Å². The monoisotopic (exact) mass is 447 g/mol. The van der Waals surface area contributed by atoms with Crippen molar-refractivity contribution < 1.29 is 23.5 Å². The molecule has 3 aromatic rings. The van der Waals surface area contributed by atoms with Gasteiger partial charge in [0, 0.05) is 23.1 Å². The van der Waals surface area contributed by atoms with E-state index in [0.717, 1.165) is 16.7 Å². The highest BCUT2D eigenvalue weighted by atomic mass is 19.1. The van der Waals surface area contributed by atoms with Crippen molar-refractivity contribution in [2.24, 2.45) is 0 Å². The van der Waals surface area contributed by atoms with E-state index in [1.165, 1.54) is 19.1 Å². The summed E-state index contributed by atoms with van der Waals surface area (Å²) in [7, 11) is 1.59. The standard InChI is InChI=1S/C27H26FNO4/c1-16-9-20-13-22(15-29-26(31)12-18-5-4-6-21(11-18)32-3)33-27(20)24(10-16)23-14-19(17(2)30)7-8-25(23)28/h4-11,14,22H,12-13,15H2,1-3H3,(H,29,31). The van der Waals surface area contributed by atoms with Crippen LogP contribution in [-0.4, -0.2) is 31.4 Å². The summed E-state index contributed by atoms with van der Waals surface area (Å²) < 4.78 is 26.1. The van der Waals surface area contributed by atoms with Gasteiger partial charge in [-0.25, -0.2) is 4.39 Å². The van der Waals surface area contributed by atoms with Gasteiger partial charge in [-0.05, 0) is 66.9 Å². The largest absolute Gasteiger partial charge is 0.497 e. The van der Waals surface area contributed by atoms with Gasteiger partial charge in [-0.2, -0.15) is 0 Å². The van der Waals surface area contributed by atoms with Crippen LogP contribution < -0.4 is 14.8 Å². The van der Waals surface area contributed by atoms with Crippen molar-refractivity contribution in [2.45, 2.75) is 32.8 Å². The Morgan fingerprint density at radius 3 is 2.70 bits per heavy atom. The third-order valence-corrected chi connectivity index (χ3v) is 5.73. The third-order valence-electron chi connectivity index (χ3n) is 5.73. The van der Waals surface area contributed by atoms with Crippen LogP contribution in [0.5, 0.6) is 11.5 Å². The zero-order valence-electron chi connectivity index (χ0n) is 18.9. The lowest BCUT2D eigenvalue weighted by Crippen LogP contribution is -2.35. The van der Waals surface area contributed by atoms with Gasteiger partial charge in [0.25, 0.3) is 0 Å². The summed E-state index contributed by atoms with van der Waals surface area (Å²) in [6.45, 7) is 3.74. The Labute approximate surface area is 192 Å². The normalized spacial score (nSPS) is 14.4. The molecule has 1 aliphatic heterocycles. The zero-order valence-corrected chi connectivity index (χ0v) is 18.9. The van der Waals surface area contributed by atoms with Gasteiger partial charge in [0.05, 0.1) is 20.1 Å². The Balaban J connectivity index is 1.48. The first-order valence-corrected chi connectivity index (χ1v) is 10.8. The second-order valence-electron chi connectivity index (χ2n) is 8.33. The number of ether oxygens (including phenoxy) is 2.